The maximum atomic E-state index is 11.2. The molecule has 0 aliphatic rings. The molecule has 0 aliphatic carbocycles. The van der Waals surface area contributed by atoms with Gasteiger partial charge in [0.25, 0.3) is 0 Å². The fraction of sp³-hybridized carbons (Fsp3) is 0.118. The van der Waals surface area contributed by atoms with Crippen LogP contribution in [-0.4, -0.2) is 12.4 Å². The summed E-state index contributed by atoms with van der Waals surface area (Å²) in [6, 6.07) is 16.3. The maximum Gasteiger partial charge on any atom is 0.336 e. The van der Waals surface area contributed by atoms with Gasteiger partial charge in [-0.3, -0.25) is 0 Å². The Kier molecular flexibility index (Phi) is 4.71. The summed E-state index contributed by atoms with van der Waals surface area (Å²) >= 11 is 7.54. The van der Waals surface area contributed by atoms with Crippen molar-refractivity contribution in [3.63, 3.8) is 0 Å². The molecule has 0 spiro atoms. The van der Waals surface area contributed by atoms with E-state index in [1.165, 1.54) is 6.07 Å². The van der Waals surface area contributed by atoms with Crippen molar-refractivity contribution in [2.75, 3.05) is 12.4 Å². The van der Waals surface area contributed by atoms with E-state index in [4.69, 9.17) is 20.8 Å². The van der Waals surface area contributed by atoms with Crippen molar-refractivity contribution < 1.29 is 9.15 Å². The number of halogens is 1. The second-order valence-electron chi connectivity index (χ2n) is 4.60. The van der Waals surface area contributed by atoms with Crippen LogP contribution in [-0.2, 0) is 0 Å². The minimum absolute atomic E-state index is 0.358. The molecule has 3 aromatic rings. The van der Waals surface area contributed by atoms with Crippen LogP contribution in [0.2, 0.25) is 5.02 Å². The predicted octanol–water partition coefficient (Wildman–Crippen LogP) is 4.62. The number of benzene rings is 2. The first-order valence-electron chi connectivity index (χ1n) is 6.76. The Morgan fingerprint density at radius 3 is 2.64 bits per heavy atom. The van der Waals surface area contributed by atoms with Crippen molar-refractivity contribution >= 4 is 34.3 Å². The lowest BCUT2D eigenvalue weighted by Crippen LogP contribution is -2.00. The molecule has 3 nitrogen and oxygen atoms in total. The van der Waals surface area contributed by atoms with Gasteiger partial charge in [-0.1, -0.05) is 11.6 Å². The number of ether oxygens (including phenoxy) is 1. The van der Waals surface area contributed by atoms with Gasteiger partial charge in [0, 0.05) is 33.2 Å². The molecule has 0 N–H and O–H groups in total. The lowest BCUT2D eigenvalue weighted by Gasteiger charge is -2.07. The Bertz CT molecular complexity index is 827. The molecule has 1 aromatic heterocycles. The molecular weight excluding hydrogens is 320 g/mol. The normalized spacial score (nSPS) is 10.8. The van der Waals surface area contributed by atoms with Gasteiger partial charge < -0.3 is 9.15 Å². The minimum atomic E-state index is -0.358. The van der Waals surface area contributed by atoms with Crippen LogP contribution in [0.15, 0.2) is 68.7 Å². The number of rotatable bonds is 5. The van der Waals surface area contributed by atoms with Crippen LogP contribution in [0.3, 0.4) is 0 Å². The highest BCUT2D eigenvalue weighted by Gasteiger charge is 2.01. The molecule has 0 bridgehead atoms. The van der Waals surface area contributed by atoms with E-state index in [-0.39, 0.29) is 5.63 Å². The van der Waals surface area contributed by atoms with E-state index in [1.807, 2.05) is 36.4 Å². The van der Waals surface area contributed by atoms with Gasteiger partial charge in [0.05, 0.1) is 6.61 Å². The molecule has 2 aromatic carbocycles. The number of thioether (sulfide) groups is 1. The molecule has 0 saturated carbocycles. The average Bonchev–Trinajstić information content (AvgIpc) is 2.53. The van der Waals surface area contributed by atoms with Crippen LogP contribution >= 0.6 is 23.4 Å². The van der Waals surface area contributed by atoms with Crippen molar-refractivity contribution in [1.82, 2.24) is 0 Å². The van der Waals surface area contributed by atoms with E-state index in [0.29, 0.717) is 17.9 Å². The maximum absolute atomic E-state index is 11.2. The summed E-state index contributed by atoms with van der Waals surface area (Å²) < 4.78 is 10.8. The summed E-state index contributed by atoms with van der Waals surface area (Å²) in [7, 11) is 0. The highest BCUT2D eigenvalue weighted by Crippen LogP contribution is 2.22. The van der Waals surface area contributed by atoms with Gasteiger partial charge in [0.15, 0.2) is 0 Å². The molecule has 5 heteroatoms. The van der Waals surface area contributed by atoms with Gasteiger partial charge in [0.1, 0.15) is 11.3 Å². The molecule has 112 valence electrons. The molecule has 0 unspecified atom stereocenters. The molecule has 0 fully saturated rings. The molecular formula is C17H13ClO3S. The van der Waals surface area contributed by atoms with Crippen molar-refractivity contribution in [1.29, 1.82) is 0 Å². The quantitative estimate of drug-likeness (QED) is 0.388. The van der Waals surface area contributed by atoms with Crippen molar-refractivity contribution in [3.05, 3.63) is 70.0 Å². The Morgan fingerprint density at radius 2 is 1.82 bits per heavy atom. The minimum Gasteiger partial charge on any atom is -0.493 e. The van der Waals surface area contributed by atoms with Crippen molar-refractivity contribution in [2.24, 2.45) is 0 Å². The lowest BCUT2D eigenvalue weighted by atomic mass is 10.2. The largest absolute Gasteiger partial charge is 0.493 e. The third-order valence-corrected chi connectivity index (χ3v) is 4.26. The van der Waals surface area contributed by atoms with Gasteiger partial charge >= 0.3 is 5.63 Å². The second kappa shape index (κ2) is 6.90. The number of hydrogen-bond donors (Lipinski definition) is 0. The molecule has 0 amide bonds. The standard InChI is InChI=1S/C17H13ClO3S/c18-13-3-6-15(7-4-13)22-10-9-20-14-5-1-12-2-8-17(19)21-16(12)11-14/h1-8,11H,9-10H2. The topological polar surface area (TPSA) is 39.4 Å². The summed E-state index contributed by atoms with van der Waals surface area (Å²) in [6.07, 6.45) is 0. The first-order chi connectivity index (χ1) is 10.7. The molecule has 0 radical (unpaired) electrons. The second-order valence-corrected chi connectivity index (χ2v) is 6.21. The highest BCUT2D eigenvalue weighted by atomic mass is 35.5. The van der Waals surface area contributed by atoms with Gasteiger partial charge in [-0.25, -0.2) is 4.79 Å². The zero-order valence-electron chi connectivity index (χ0n) is 11.6. The lowest BCUT2D eigenvalue weighted by molar-refractivity contribution is 0.343. The highest BCUT2D eigenvalue weighted by molar-refractivity contribution is 7.99. The van der Waals surface area contributed by atoms with Crippen LogP contribution < -0.4 is 10.4 Å². The fourth-order valence-corrected chi connectivity index (χ4v) is 2.84. The van der Waals surface area contributed by atoms with Gasteiger partial charge in [-0.05, 0) is 42.5 Å². The molecule has 0 saturated heterocycles. The molecule has 0 atom stereocenters. The van der Waals surface area contributed by atoms with E-state index >= 15 is 0 Å². The SMILES string of the molecule is O=c1ccc2ccc(OCCSc3ccc(Cl)cc3)cc2o1. The Morgan fingerprint density at radius 1 is 1.05 bits per heavy atom. The van der Waals surface area contributed by atoms with Crippen LogP contribution in [0, 0.1) is 0 Å². The Balaban J connectivity index is 1.57. The van der Waals surface area contributed by atoms with Crippen molar-refractivity contribution in [3.8, 4) is 5.75 Å². The van der Waals surface area contributed by atoms with Crippen LogP contribution in [0.25, 0.3) is 11.0 Å². The number of hydrogen-bond acceptors (Lipinski definition) is 4. The summed E-state index contributed by atoms with van der Waals surface area (Å²) in [4.78, 5) is 12.4. The fourth-order valence-electron chi connectivity index (χ4n) is 1.98. The van der Waals surface area contributed by atoms with Crippen LogP contribution in [0.4, 0.5) is 0 Å². The average molecular weight is 333 g/mol. The zero-order valence-corrected chi connectivity index (χ0v) is 13.2. The first-order valence-corrected chi connectivity index (χ1v) is 8.12. The van der Waals surface area contributed by atoms with E-state index in [9.17, 15) is 4.79 Å². The zero-order chi connectivity index (χ0) is 15.4. The van der Waals surface area contributed by atoms with E-state index in [1.54, 1.807) is 23.9 Å². The van der Waals surface area contributed by atoms with E-state index in [2.05, 4.69) is 0 Å². The third kappa shape index (κ3) is 3.84. The van der Waals surface area contributed by atoms with E-state index in [0.717, 1.165) is 21.1 Å². The van der Waals surface area contributed by atoms with Crippen molar-refractivity contribution in [2.45, 2.75) is 4.90 Å². The molecule has 3 rings (SSSR count). The van der Waals surface area contributed by atoms with Gasteiger partial charge in [0.2, 0.25) is 0 Å². The van der Waals surface area contributed by atoms with Crippen LogP contribution in [0.1, 0.15) is 0 Å². The summed E-state index contributed by atoms with van der Waals surface area (Å²) in [5.41, 5.74) is 0.179. The smallest absolute Gasteiger partial charge is 0.336 e. The predicted molar refractivity (Wildman–Crippen MR) is 90.2 cm³/mol. The summed E-state index contributed by atoms with van der Waals surface area (Å²) in [5, 5.41) is 1.61. The summed E-state index contributed by atoms with van der Waals surface area (Å²) in [6.45, 7) is 0.565. The molecule has 22 heavy (non-hydrogen) atoms. The van der Waals surface area contributed by atoms with Gasteiger partial charge in [-0.2, -0.15) is 0 Å². The Hall–Kier alpha value is -1.91. The number of fused-ring (bicyclic) bond motifs is 1. The molecule has 1 heterocycles. The monoisotopic (exact) mass is 332 g/mol. The third-order valence-electron chi connectivity index (χ3n) is 3.03. The van der Waals surface area contributed by atoms with Crippen LogP contribution in [0.5, 0.6) is 5.75 Å². The summed E-state index contributed by atoms with van der Waals surface area (Å²) in [5.74, 6) is 1.51. The Labute approximate surface area is 136 Å². The van der Waals surface area contributed by atoms with Gasteiger partial charge in [-0.15, -0.1) is 11.8 Å². The van der Waals surface area contributed by atoms with E-state index < -0.39 is 0 Å². The first kappa shape index (κ1) is 15.0. The molecule has 0 aliphatic heterocycles.